The molecule has 0 fully saturated rings. The zero-order chi connectivity index (χ0) is 15.6. The minimum Gasteiger partial charge on any atom is -0.481 e. The van der Waals surface area contributed by atoms with Crippen LogP contribution in [-0.4, -0.2) is 19.1 Å². The van der Waals surface area contributed by atoms with Crippen molar-refractivity contribution in [1.82, 2.24) is 5.32 Å². The number of aryl methyl sites for hydroxylation is 1. The second-order valence-corrected chi connectivity index (χ2v) is 4.86. The first kappa shape index (κ1) is 15.7. The summed E-state index contributed by atoms with van der Waals surface area (Å²) in [5, 5.41) is 2.92. The van der Waals surface area contributed by atoms with Gasteiger partial charge in [0.25, 0.3) is 5.91 Å². The average molecular weight is 293 g/mol. The van der Waals surface area contributed by atoms with E-state index in [2.05, 4.69) is 23.4 Å². The van der Waals surface area contributed by atoms with Crippen LogP contribution in [0.1, 0.15) is 22.3 Å². The summed E-state index contributed by atoms with van der Waals surface area (Å²) in [6, 6.07) is 17.2. The fraction of sp³-hybridized carbons (Fsp3) is 0.211. The van der Waals surface area contributed by atoms with Crippen molar-refractivity contribution in [3.63, 3.8) is 0 Å². The van der Waals surface area contributed by atoms with Gasteiger partial charge in [0.05, 0.1) is 0 Å². The third-order valence-corrected chi connectivity index (χ3v) is 3.21. The molecule has 3 nitrogen and oxygen atoms in total. The molecule has 0 saturated heterocycles. The Morgan fingerprint density at radius 2 is 1.82 bits per heavy atom. The minimum absolute atomic E-state index is 0.0726. The van der Waals surface area contributed by atoms with Gasteiger partial charge in [-0.15, -0.1) is 6.42 Å². The van der Waals surface area contributed by atoms with Crippen LogP contribution in [-0.2, 0) is 6.42 Å². The third kappa shape index (κ3) is 4.99. The molecule has 2 rings (SSSR count). The van der Waals surface area contributed by atoms with Gasteiger partial charge in [-0.05, 0) is 42.7 Å². The van der Waals surface area contributed by atoms with E-state index < -0.39 is 0 Å². The smallest absolute Gasteiger partial charge is 0.251 e. The van der Waals surface area contributed by atoms with Gasteiger partial charge in [0.2, 0.25) is 0 Å². The first-order valence-electron chi connectivity index (χ1n) is 7.28. The molecule has 0 bridgehead atoms. The molecule has 0 aliphatic heterocycles. The quantitative estimate of drug-likeness (QED) is 0.629. The van der Waals surface area contributed by atoms with E-state index >= 15 is 0 Å². The van der Waals surface area contributed by atoms with Crippen LogP contribution in [0, 0.1) is 12.3 Å². The summed E-state index contributed by atoms with van der Waals surface area (Å²) in [5.74, 6) is 2.99. The molecular weight excluding hydrogens is 274 g/mol. The van der Waals surface area contributed by atoms with E-state index in [0.29, 0.717) is 17.9 Å². The molecule has 0 heterocycles. The zero-order valence-corrected chi connectivity index (χ0v) is 12.4. The van der Waals surface area contributed by atoms with Crippen LogP contribution < -0.4 is 10.1 Å². The average Bonchev–Trinajstić information content (AvgIpc) is 2.58. The summed E-state index contributed by atoms with van der Waals surface area (Å²) in [4.78, 5) is 12.0. The maximum atomic E-state index is 12.0. The number of benzene rings is 2. The second kappa shape index (κ2) is 8.53. The number of nitrogens with one attached hydrogen (secondary N) is 1. The van der Waals surface area contributed by atoms with E-state index in [-0.39, 0.29) is 12.5 Å². The molecule has 112 valence electrons. The minimum atomic E-state index is -0.0726. The molecule has 0 aromatic heterocycles. The molecule has 1 amide bonds. The Morgan fingerprint density at radius 1 is 1.09 bits per heavy atom. The molecule has 0 aliphatic rings. The molecule has 0 spiro atoms. The van der Waals surface area contributed by atoms with Gasteiger partial charge in [0.1, 0.15) is 12.4 Å². The van der Waals surface area contributed by atoms with Crippen molar-refractivity contribution in [2.45, 2.75) is 12.8 Å². The topological polar surface area (TPSA) is 38.3 Å². The van der Waals surface area contributed by atoms with E-state index in [1.54, 1.807) is 24.3 Å². The fourth-order valence-corrected chi connectivity index (χ4v) is 2.07. The van der Waals surface area contributed by atoms with Crippen molar-refractivity contribution in [1.29, 1.82) is 0 Å². The summed E-state index contributed by atoms with van der Waals surface area (Å²) in [6.45, 7) is 0.883. The number of carbonyl (C=O) groups excluding carboxylic acids is 1. The highest BCUT2D eigenvalue weighted by Crippen LogP contribution is 2.12. The molecule has 22 heavy (non-hydrogen) atoms. The maximum absolute atomic E-state index is 12.0. The van der Waals surface area contributed by atoms with Crippen molar-refractivity contribution in [3.8, 4) is 18.1 Å². The van der Waals surface area contributed by atoms with Gasteiger partial charge in [-0.2, -0.15) is 0 Å². The highest BCUT2D eigenvalue weighted by Gasteiger charge is 2.04. The van der Waals surface area contributed by atoms with Crippen molar-refractivity contribution in [3.05, 3.63) is 65.7 Å². The normalized spacial score (nSPS) is 9.77. The van der Waals surface area contributed by atoms with Crippen LogP contribution >= 0.6 is 0 Å². The highest BCUT2D eigenvalue weighted by molar-refractivity contribution is 5.94. The first-order chi connectivity index (χ1) is 10.8. The molecule has 2 aromatic rings. The molecule has 0 radical (unpaired) electrons. The fourth-order valence-electron chi connectivity index (χ4n) is 2.07. The summed E-state index contributed by atoms with van der Waals surface area (Å²) in [6.07, 6.45) is 7.00. The first-order valence-corrected chi connectivity index (χ1v) is 7.28. The number of ether oxygens (including phenoxy) is 1. The van der Waals surface area contributed by atoms with Crippen molar-refractivity contribution in [2.24, 2.45) is 0 Å². The van der Waals surface area contributed by atoms with Gasteiger partial charge in [0.15, 0.2) is 0 Å². The molecular formula is C19H19NO2. The number of hydrogen-bond donors (Lipinski definition) is 1. The largest absolute Gasteiger partial charge is 0.481 e. The lowest BCUT2D eigenvalue weighted by Gasteiger charge is -2.07. The van der Waals surface area contributed by atoms with Crippen LogP contribution in [0.3, 0.4) is 0 Å². The monoisotopic (exact) mass is 293 g/mol. The van der Waals surface area contributed by atoms with Crippen LogP contribution in [0.2, 0.25) is 0 Å². The van der Waals surface area contributed by atoms with E-state index in [9.17, 15) is 4.79 Å². The van der Waals surface area contributed by atoms with Gasteiger partial charge < -0.3 is 10.1 Å². The lowest BCUT2D eigenvalue weighted by molar-refractivity contribution is 0.0953. The van der Waals surface area contributed by atoms with Crippen molar-refractivity contribution >= 4 is 5.91 Å². The van der Waals surface area contributed by atoms with E-state index in [1.807, 2.05) is 18.2 Å². The van der Waals surface area contributed by atoms with E-state index in [0.717, 1.165) is 12.8 Å². The van der Waals surface area contributed by atoms with Gasteiger partial charge in [-0.25, -0.2) is 0 Å². The maximum Gasteiger partial charge on any atom is 0.251 e. The second-order valence-electron chi connectivity index (χ2n) is 4.86. The van der Waals surface area contributed by atoms with Gasteiger partial charge in [0, 0.05) is 12.1 Å². The molecule has 0 atom stereocenters. The number of carbonyl (C=O) groups is 1. The lowest BCUT2D eigenvalue weighted by atomic mass is 10.1. The Hall–Kier alpha value is -2.73. The summed E-state index contributed by atoms with van der Waals surface area (Å²) < 4.78 is 5.27. The Balaban J connectivity index is 1.74. The van der Waals surface area contributed by atoms with Crippen LogP contribution in [0.5, 0.6) is 5.75 Å². The number of amides is 1. The Morgan fingerprint density at radius 3 is 2.50 bits per heavy atom. The van der Waals surface area contributed by atoms with Crippen LogP contribution in [0.25, 0.3) is 0 Å². The summed E-state index contributed by atoms with van der Waals surface area (Å²) >= 11 is 0. The van der Waals surface area contributed by atoms with E-state index in [1.165, 1.54) is 5.56 Å². The Labute approximate surface area is 131 Å². The number of hydrogen-bond acceptors (Lipinski definition) is 2. The van der Waals surface area contributed by atoms with Crippen molar-refractivity contribution < 1.29 is 9.53 Å². The summed E-state index contributed by atoms with van der Waals surface area (Å²) in [7, 11) is 0. The van der Waals surface area contributed by atoms with E-state index in [4.69, 9.17) is 11.2 Å². The molecule has 0 saturated carbocycles. The zero-order valence-electron chi connectivity index (χ0n) is 12.4. The van der Waals surface area contributed by atoms with Crippen molar-refractivity contribution in [2.75, 3.05) is 13.2 Å². The van der Waals surface area contributed by atoms with Crippen LogP contribution in [0.4, 0.5) is 0 Å². The predicted molar refractivity (Wildman–Crippen MR) is 87.9 cm³/mol. The molecule has 0 unspecified atom stereocenters. The molecule has 3 heteroatoms. The SMILES string of the molecule is C#CCOc1ccc(C(=O)NCCCc2ccccc2)cc1. The van der Waals surface area contributed by atoms with Gasteiger partial charge in [-0.1, -0.05) is 36.3 Å². The highest BCUT2D eigenvalue weighted by atomic mass is 16.5. The Kier molecular flexibility index (Phi) is 6.07. The molecule has 0 aliphatic carbocycles. The van der Waals surface area contributed by atoms with Crippen LogP contribution in [0.15, 0.2) is 54.6 Å². The molecule has 1 N–H and O–H groups in total. The third-order valence-electron chi connectivity index (χ3n) is 3.21. The predicted octanol–water partition coefficient (Wildman–Crippen LogP) is 3.06. The lowest BCUT2D eigenvalue weighted by Crippen LogP contribution is -2.24. The number of terminal acetylenes is 1. The Bertz CT molecular complexity index is 627. The summed E-state index contributed by atoms with van der Waals surface area (Å²) in [5.41, 5.74) is 1.90. The van der Waals surface area contributed by atoms with Gasteiger partial charge in [-0.3, -0.25) is 4.79 Å². The molecule has 2 aromatic carbocycles. The standard InChI is InChI=1S/C19H19NO2/c1-2-15-22-18-12-10-17(11-13-18)19(21)20-14-6-9-16-7-4-3-5-8-16/h1,3-5,7-8,10-13H,6,9,14-15H2,(H,20,21). The van der Waals surface area contributed by atoms with Gasteiger partial charge >= 0.3 is 0 Å². The number of rotatable bonds is 7.